The molecule has 2 heterocycles. The number of hydrogen-bond donors (Lipinski definition) is 1. The van der Waals surface area contributed by atoms with E-state index in [0.717, 1.165) is 0 Å². The van der Waals surface area contributed by atoms with Crippen molar-refractivity contribution in [2.45, 2.75) is 6.04 Å². The monoisotopic (exact) mass is 204 g/mol. The minimum atomic E-state index is -0.618. The van der Waals surface area contributed by atoms with Crippen molar-refractivity contribution in [3.8, 4) is 0 Å². The van der Waals surface area contributed by atoms with Gasteiger partial charge in [-0.05, 0) is 5.53 Å². The molecule has 0 amide bonds. The van der Waals surface area contributed by atoms with Crippen molar-refractivity contribution in [3.63, 3.8) is 0 Å². The van der Waals surface area contributed by atoms with Crippen LogP contribution in [0, 0.1) is 0 Å². The SMILES string of the molecule is [N-]=[N+]=NC(CO)c1cnc2cnccn12. The van der Waals surface area contributed by atoms with Crippen LogP contribution in [0.25, 0.3) is 16.1 Å². The van der Waals surface area contributed by atoms with Crippen LogP contribution < -0.4 is 0 Å². The quantitative estimate of drug-likeness (QED) is 0.459. The largest absolute Gasteiger partial charge is 0.396 e. The molecule has 0 fully saturated rings. The summed E-state index contributed by atoms with van der Waals surface area (Å²) in [4.78, 5) is 10.7. The molecule has 2 rings (SSSR count). The number of aliphatic hydroxyl groups is 1. The second kappa shape index (κ2) is 3.95. The van der Waals surface area contributed by atoms with Crippen LogP contribution in [-0.4, -0.2) is 26.1 Å². The Hall–Kier alpha value is -2.11. The van der Waals surface area contributed by atoms with Crippen molar-refractivity contribution in [1.29, 1.82) is 0 Å². The first-order valence-electron chi connectivity index (χ1n) is 4.29. The van der Waals surface area contributed by atoms with Gasteiger partial charge in [0, 0.05) is 23.5 Å². The summed E-state index contributed by atoms with van der Waals surface area (Å²) >= 11 is 0. The molecule has 0 aliphatic carbocycles. The maximum Gasteiger partial charge on any atom is 0.155 e. The summed E-state index contributed by atoms with van der Waals surface area (Å²) in [6.07, 6.45) is 6.45. The summed E-state index contributed by atoms with van der Waals surface area (Å²) in [6.45, 7) is -0.250. The van der Waals surface area contributed by atoms with E-state index in [1.807, 2.05) is 0 Å². The van der Waals surface area contributed by atoms with E-state index in [2.05, 4.69) is 20.0 Å². The highest BCUT2D eigenvalue weighted by molar-refractivity contribution is 5.37. The Bertz CT molecular complexity index is 515. The molecule has 0 aromatic carbocycles. The van der Waals surface area contributed by atoms with Gasteiger partial charge in [0.25, 0.3) is 0 Å². The van der Waals surface area contributed by atoms with Gasteiger partial charge >= 0.3 is 0 Å². The van der Waals surface area contributed by atoms with Crippen LogP contribution in [0.3, 0.4) is 0 Å². The highest BCUT2D eigenvalue weighted by Crippen LogP contribution is 2.17. The molecule has 0 aliphatic rings. The van der Waals surface area contributed by atoms with Crippen LogP contribution in [0.4, 0.5) is 0 Å². The normalized spacial score (nSPS) is 12.3. The van der Waals surface area contributed by atoms with Gasteiger partial charge in [-0.3, -0.25) is 4.98 Å². The predicted octanol–water partition coefficient (Wildman–Crippen LogP) is 1.07. The number of imidazole rings is 1. The van der Waals surface area contributed by atoms with E-state index in [0.29, 0.717) is 11.3 Å². The van der Waals surface area contributed by atoms with Crippen molar-refractivity contribution >= 4 is 5.65 Å². The van der Waals surface area contributed by atoms with E-state index in [1.54, 1.807) is 29.2 Å². The van der Waals surface area contributed by atoms with Crippen molar-refractivity contribution in [2.24, 2.45) is 5.11 Å². The Morgan fingerprint density at radius 3 is 3.20 bits per heavy atom. The van der Waals surface area contributed by atoms with Gasteiger partial charge in [0.15, 0.2) is 5.65 Å². The lowest BCUT2D eigenvalue weighted by Gasteiger charge is -2.06. The molecule has 0 radical (unpaired) electrons. The molecule has 7 nitrogen and oxygen atoms in total. The molecule has 0 bridgehead atoms. The van der Waals surface area contributed by atoms with Crippen LogP contribution in [0.1, 0.15) is 11.7 Å². The Morgan fingerprint density at radius 1 is 1.60 bits per heavy atom. The standard InChI is InChI=1S/C8H8N6O/c9-13-12-6(5-15)7-3-11-8-4-10-1-2-14(7)8/h1-4,6,15H,5H2. The van der Waals surface area contributed by atoms with E-state index < -0.39 is 6.04 Å². The number of rotatable bonds is 3. The zero-order valence-corrected chi connectivity index (χ0v) is 7.72. The fourth-order valence-electron chi connectivity index (χ4n) is 1.36. The van der Waals surface area contributed by atoms with Crippen LogP contribution in [-0.2, 0) is 0 Å². The van der Waals surface area contributed by atoms with E-state index >= 15 is 0 Å². The number of aliphatic hydroxyl groups excluding tert-OH is 1. The first-order chi connectivity index (χ1) is 7.36. The van der Waals surface area contributed by atoms with Crippen LogP contribution in [0.5, 0.6) is 0 Å². The summed E-state index contributed by atoms with van der Waals surface area (Å²) < 4.78 is 1.72. The number of nitrogens with zero attached hydrogens (tertiary/aromatic N) is 6. The van der Waals surface area contributed by atoms with Crippen LogP contribution in [0.15, 0.2) is 29.9 Å². The van der Waals surface area contributed by atoms with Crippen molar-refractivity contribution < 1.29 is 5.11 Å². The molecule has 0 saturated carbocycles. The number of azide groups is 1. The van der Waals surface area contributed by atoms with Gasteiger partial charge in [0.2, 0.25) is 0 Å². The summed E-state index contributed by atoms with van der Waals surface area (Å²) in [5.74, 6) is 0. The van der Waals surface area contributed by atoms with Gasteiger partial charge in [-0.2, -0.15) is 0 Å². The second-order valence-corrected chi connectivity index (χ2v) is 2.89. The second-order valence-electron chi connectivity index (χ2n) is 2.89. The zero-order valence-electron chi connectivity index (χ0n) is 7.72. The number of aromatic nitrogens is 3. The van der Waals surface area contributed by atoms with Gasteiger partial charge in [-0.25, -0.2) is 4.98 Å². The molecule has 7 heteroatoms. The number of fused-ring (bicyclic) bond motifs is 1. The van der Waals surface area contributed by atoms with Crippen molar-refractivity contribution in [3.05, 3.63) is 40.9 Å². The van der Waals surface area contributed by atoms with Crippen LogP contribution in [0.2, 0.25) is 0 Å². The number of hydrogen-bond acceptors (Lipinski definition) is 4. The minimum Gasteiger partial charge on any atom is -0.396 e. The average Bonchev–Trinajstić information content (AvgIpc) is 2.70. The first kappa shape index (κ1) is 9.45. The molecule has 0 aliphatic heterocycles. The Kier molecular flexibility index (Phi) is 2.49. The minimum absolute atomic E-state index is 0.250. The maximum atomic E-state index is 9.07. The Morgan fingerprint density at radius 2 is 2.47 bits per heavy atom. The summed E-state index contributed by atoms with van der Waals surface area (Å²) in [6, 6.07) is -0.618. The zero-order chi connectivity index (χ0) is 10.7. The van der Waals surface area contributed by atoms with Crippen molar-refractivity contribution in [2.75, 3.05) is 6.61 Å². The van der Waals surface area contributed by atoms with Gasteiger partial charge in [-0.15, -0.1) is 0 Å². The molecular formula is C8H8N6O. The van der Waals surface area contributed by atoms with E-state index in [1.165, 1.54) is 0 Å². The Balaban J connectivity index is 2.55. The van der Waals surface area contributed by atoms with Crippen molar-refractivity contribution in [1.82, 2.24) is 14.4 Å². The fourth-order valence-corrected chi connectivity index (χ4v) is 1.36. The third kappa shape index (κ3) is 1.61. The third-order valence-corrected chi connectivity index (χ3v) is 2.05. The molecule has 1 atom stereocenters. The fraction of sp³-hybridized carbons (Fsp3) is 0.250. The van der Waals surface area contributed by atoms with E-state index in [9.17, 15) is 0 Å². The molecule has 2 aromatic rings. The van der Waals surface area contributed by atoms with Gasteiger partial charge < -0.3 is 9.51 Å². The van der Waals surface area contributed by atoms with Gasteiger partial charge in [0.05, 0.1) is 18.5 Å². The van der Waals surface area contributed by atoms with Crippen LogP contribution >= 0.6 is 0 Å². The lowest BCUT2D eigenvalue weighted by molar-refractivity contribution is 0.265. The van der Waals surface area contributed by atoms with Gasteiger partial charge in [0.1, 0.15) is 6.04 Å². The molecule has 2 aromatic heterocycles. The summed E-state index contributed by atoms with van der Waals surface area (Å²) in [7, 11) is 0. The maximum absolute atomic E-state index is 9.07. The molecule has 1 N–H and O–H groups in total. The van der Waals surface area contributed by atoms with E-state index in [-0.39, 0.29) is 6.61 Å². The van der Waals surface area contributed by atoms with Gasteiger partial charge in [-0.1, -0.05) is 5.11 Å². The lowest BCUT2D eigenvalue weighted by Crippen LogP contribution is -2.03. The molecule has 76 valence electrons. The first-order valence-corrected chi connectivity index (χ1v) is 4.29. The smallest absolute Gasteiger partial charge is 0.155 e. The Labute approximate surface area is 84.6 Å². The highest BCUT2D eigenvalue weighted by atomic mass is 16.3. The molecule has 15 heavy (non-hydrogen) atoms. The predicted molar refractivity (Wildman–Crippen MR) is 52.0 cm³/mol. The molecule has 0 spiro atoms. The highest BCUT2D eigenvalue weighted by Gasteiger charge is 2.13. The summed E-state index contributed by atoms with van der Waals surface area (Å²) in [5, 5.41) is 12.6. The molecular weight excluding hydrogens is 196 g/mol. The van der Waals surface area contributed by atoms with E-state index in [4.69, 9.17) is 10.6 Å². The average molecular weight is 204 g/mol. The topological polar surface area (TPSA) is 99.2 Å². The molecule has 0 saturated heterocycles. The molecule has 1 unspecified atom stereocenters. The summed E-state index contributed by atoms with van der Waals surface area (Å²) in [5.41, 5.74) is 9.64. The lowest BCUT2D eigenvalue weighted by atomic mass is 10.2. The third-order valence-electron chi connectivity index (χ3n) is 2.05.